The minimum Gasteiger partial charge on any atom is -0.486 e. The normalized spacial score (nSPS) is 13.5. The molecule has 0 amide bonds. The highest BCUT2D eigenvalue weighted by Crippen LogP contribution is 2.38. The van der Waals surface area contributed by atoms with E-state index in [0.717, 1.165) is 11.1 Å². The molecule has 0 saturated carbocycles. The summed E-state index contributed by atoms with van der Waals surface area (Å²) < 4.78 is 24.3. The number of rotatable bonds is 4. The molecule has 0 fully saturated rings. The maximum absolute atomic E-state index is 13.2. The van der Waals surface area contributed by atoms with Crippen LogP contribution in [0.3, 0.4) is 0 Å². The molecule has 25 heavy (non-hydrogen) atoms. The van der Waals surface area contributed by atoms with E-state index >= 15 is 0 Å². The number of guanidine groups is 1. The van der Waals surface area contributed by atoms with Gasteiger partial charge in [-0.3, -0.25) is 4.99 Å². The Balaban J connectivity index is 1.59. The van der Waals surface area contributed by atoms with Crippen LogP contribution in [0, 0.1) is 5.82 Å². The number of hydrogen-bond donors (Lipinski definition) is 2. The summed E-state index contributed by atoms with van der Waals surface area (Å²) in [6.07, 6.45) is 0. The first kappa shape index (κ1) is 17.4. The molecule has 1 heterocycles. The Morgan fingerprint density at radius 1 is 1.12 bits per heavy atom. The molecule has 0 spiro atoms. The predicted octanol–water partition coefficient (Wildman–Crippen LogP) is 3.12. The van der Waals surface area contributed by atoms with Crippen LogP contribution in [-0.4, -0.2) is 26.2 Å². The number of aliphatic imine (C=N–C) groups is 1. The average molecular weight is 364 g/mol. The quantitative estimate of drug-likeness (QED) is 0.647. The van der Waals surface area contributed by atoms with Gasteiger partial charge in [0.2, 0.25) is 0 Å². The first-order valence-corrected chi connectivity index (χ1v) is 8.30. The van der Waals surface area contributed by atoms with Crippen LogP contribution in [0.1, 0.15) is 11.1 Å². The molecule has 0 radical (unpaired) electrons. The van der Waals surface area contributed by atoms with Crippen molar-refractivity contribution < 1.29 is 13.9 Å². The van der Waals surface area contributed by atoms with Gasteiger partial charge >= 0.3 is 0 Å². The third kappa shape index (κ3) is 4.54. The van der Waals surface area contributed by atoms with Crippen molar-refractivity contribution in [3.63, 3.8) is 0 Å². The molecule has 0 unspecified atom stereocenters. The van der Waals surface area contributed by atoms with Gasteiger partial charge in [-0.25, -0.2) is 4.39 Å². The first-order valence-electron chi connectivity index (χ1n) is 7.92. The number of nitrogens with zero attached hydrogens (tertiary/aromatic N) is 1. The summed E-state index contributed by atoms with van der Waals surface area (Å²) in [6.45, 7) is 2.00. The topological polar surface area (TPSA) is 54.9 Å². The van der Waals surface area contributed by atoms with E-state index in [0.29, 0.717) is 48.8 Å². The zero-order chi connectivity index (χ0) is 17.6. The van der Waals surface area contributed by atoms with Crippen LogP contribution in [0.25, 0.3) is 0 Å². The Morgan fingerprint density at radius 2 is 1.88 bits per heavy atom. The molecular formula is C18H19ClFN3O2. The Morgan fingerprint density at radius 3 is 2.64 bits per heavy atom. The van der Waals surface area contributed by atoms with Crippen molar-refractivity contribution in [2.45, 2.75) is 13.1 Å². The third-order valence-corrected chi connectivity index (χ3v) is 3.97. The Hall–Kier alpha value is -2.47. The monoisotopic (exact) mass is 363 g/mol. The number of hydrogen-bond acceptors (Lipinski definition) is 3. The summed E-state index contributed by atoms with van der Waals surface area (Å²) in [4.78, 5) is 4.16. The maximum Gasteiger partial charge on any atom is 0.191 e. The van der Waals surface area contributed by atoms with E-state index in [2.05, 4.69) is 15.6 Å². The number of halogens is 2. The van der Waals surface area contributed by atoms with Crippen molar-refractivity contribution in [3.05, 3.63) is 58.4 Å². The van der Waals surface area contributed by atoms with Gasteiger partial charge in [0.05, 0.1) is 5.02 Å². The highest BCUT2D eigenvalue weighted by Gasteiger charge is 2.16. The summed E-state index contributed by atoms with van der Waals surface area (Å²) in [6, 6.07) is 10.2. The Bertz CT molecular complexity index is 783. The molecule has 132 valence electrons. The van der Waals surface area contributed by atoms with Gasteiger partial charge in [0, 0.05) is 20.1 Å². The minimum absolute atomic E-state index is 0.256. The second-order valence-corrected chi connectivity index (χ2v) is 5.92. The van der Waals surface area contributed by atoms with Crippen LogP contribution in [0.2, 0.25) is 5.02 Å². The molecule has 0 bridgehead atoms. The average Bonchev–Trinajstić information content (AvgIpc) is 2.62. The van der Waals surface area contributed by atoms with Gasteiger partial charge in [-0.15, -0.1) is 0 Å². The van der Waals surface area contributed by atoms with Gasteiger partial charge in [-0.2, -0.15) is 0 Å². The lowest BCUT2D eigenvalue weighted by Gasteiger charge is -2.20. The van der Waals surface area contributed by atoms with Crippen molar-refractivity contribution >= 4 is 17.6 Å². The van der Waals surface area contributed by atoms with E-state index in [1.807, 2.05) is 18.2 Å². The highest BCUT2D eigenvalue weighted by atomic mass is 35.5. The predicted molar refractivity (Wildman–Crippen MR) is 95.9 cm³/mol. The van der Waals surface area contributed by atoms with Gasteiger partial charge in [-0.1, -0.05) is 23.7 Å². The van der Waals surface area contributed by atoms with E-state index < -0.39 is 0 Å². The van der Waals surface area contributed by atoms with Gasteiger partial charge in [0.25, 0.3) is 0 Å². The summed E-state index contributed by atoms with van der Waals surface area (Å²) in [5, 5.41) is 6.86. The van der Waals surface area contributed by atoms with Crippen molar-refractivity contribution in [2.24, 2.45) is 4.99 Å². The van der Waals surface area contributed by atoms with Gasteiger partial charge in [-0.05, 0) is 35.4 Å². The van der Waals surface area contributed by atoms with Crippen LogP contribution >= 0.6 is 11.6 Å². The molecule has 0 atom stereocenters. The lowest BCUT2D eigenvalue weighted by molar-refractivity contribution is 0.171. The lowest BCUT2D eigenvalue weighted by atomic mass is 10.2. The number of fused-ring (bicyclic) bond motifs is 1. The molecule has 0 saturated heterocycles. The fraction of sp³-hybridized carbons (Fsp3) is 0.278. The Kier molecular flexibility index (Phi) is 5.60. The first-order chi connectivity index (χ1) is 12.2. The number of nitrogens with one attached hydrogen (secondary N) is 2. The van der Waals surface area contributed by atoms with Crippen LogP contribution in [0.15, 0.2) is 41.4 Å². The molecule has 2 N–H and O–H groups in total. The molecule has 5 nitrogen and oxygen atoms in total. The number of benzene rings is 2. The standard InChI is InChI=1S/C18H19ClFN3O2/c1-21-18(22-10-12-3-2-4-14(20)7-12)23-11-13-8-15(19)17-16(9-13)24-5-6-25-17/h2-4,7-9H,5-6,10-11H2,1H3,(H2,21,22,23). The second kappa shape index (κ2) is 8.07. The highest BCUT2D eigenvalue weighted by molar-refractivity contribution is 6.32. The molecule has 1 aliphatic rings. The van der Waals surface area contributed by atoms with Gasteiger partial charge in [0.15, 0.2) is 17.5 Å². The molecule has 0 aromatic heterocycles. The largest absolute Gasteiger partial charge is 0.486 e. The van der Waals surface area contributed by atoms with Crippen molar-refractivity contribution in [2.75, 3.05) is 20.3 Å². The SMILES string of the molecule is CN=C(NCc1cccc(F)c1)NCc1cc(Cl)c2c(c1)OCCO2. The van der Waals surface area contributed by atoms with E-state index in [9.17, 15) is 4.39 Å². The van der Waals surface area contributed by atoms with E-state index in [1.54, 1.807) is 13.1 Å². The third-order valence-electron chi connectivity index (χ3n) is 3.69. The molecule has 3 rings (SSSR count). The van der Waals surface area contributed by atoms with Crippen LogP contribution in [-0.2, 0) is 13.1 Å². The van der Waals surface area contributed by atoms with Crippen molar-refractivity contribution in [3.8, 4) is 11.5 Å². The van der Waals surface area contributed by atoms with Crippen LogP contribution < -0.4 is 20.1 Å². The van der Waals surface area contributed by atoms with E-state index in [4.69, 9.17) is 21.1 Å². The van der Waals surface area contributed by atoms with E-state index in [1.165, 1.54) is 12.1 Å². The summed E-state index contributed by atoms with van der Waals surface area (Å²) in [7, 11) is 1.68. The molecular weight excluding hydrogens is 345 g/mol. The minimum atomic E-state index is -0.256. The summed E-state index contributed by atoms with van der Waals surface area (Å²) in [5.74, 6) is 1.59. The summed E-state index contributed by atoms with van der Waals surface area (Å²) in [5.41, 5.74) is 1.79. The smallest absolute Gasteiger partial charge is 0.191 e. The molecule has 1 aliphatic heterocycles. The van der Waals surface area contributed by atoms with Gasteiger partial charge in [0.1, 0.15) is 19.0 Å². The summed E-state index contributed by atoms with van der Waals surface area (Å²) >= 11 is 6.24. The van der Waals surface area contributed by atoms with Gasteiger partial charge < -0.3 is 20.1 Å². The zero-order valence-corrected chi connectivity index (χ0v) is 14.6. The molecule has 2 aromatic carbocycles. The molecule has 0 aliphatic carbocycles. The molecule has 2 aromatic rings. The second-order valence-electron chi connectivity index (χ2n) is 5.51. The molecule has 7 heteroatoms. The van der Waals surface area contributed by atoms with Crippen LogP contribution in [0.4, 0.5) is 4.39 Å². The van der Waals surface area contributed by atoms with E-state index in [-0.39, 0.29) is 5.82 Å². The Labute approximate surface area is 150 Å². The maximum atomic E-state index is 13.2. The lowest BCUT2D eigenvalue weighted by Crippen LogP contribution is -2.36. The van der Waals surface area contributed by atoms with Crippen molar-refractivity contribution in [1.82, 2.24) is 10.6 Å². The fourth-order valence-electron chi connectivity index (χ4n) is 2.51. The number of ether oxygens (including phenoxy) is 2. The van der Waals surface area contributed by atoms with Crippen LogP contribution in [0.5, 0.6) is 11.5 Å². The van der Waals surface area contributed by atoms with Crippen molar-refractivity contribution in [1.29, 1.82) is 0 Å². The zero-order valence-electron chi connectivity index (χ0n) is 13.8. The fourth-order valence-corrected chi connectivity index (χ4v) is 2.79.